The Hall–Kier alpha value is -2.54. The Morgan fingerprint density at radius 3 is 2.14 bits per heavy atom. The molecule has 0 unspecified atom stereocenters. The zero-order chi connectivity index (χ0) is 20.7. The summed E-state index contributed by atoms with van der Waals surface area (Å²) in [4.78, 5) is 14.5. The first-order chi connectivity index (χ1) is 13.3. The van der Waals surface area contributed by atoms with Gasteiger partial charge >= 0.3 is 0 Å². The summed E-state index contributed by atoms with van der Waals surface area (Å²) in [5.41, 5.74) is 1.31. The Kier molecular flexibility index (Phi) is 7.45. The minimum atomic E-state index is -3.95. The molecule has 7 heteroatoms. The largest absolute Gasteiger partial charge is 0.492 e. The van der Waals surface area contributed by atoms with Crippen LogP contribution in [-0.4, -0.2) is 45.5 Å². The van der Waals surface area contributed by atoms with Crippen molar-refractivity contribution in [2.75, 3.05) is 30.5 Å². The molecule has 0 aliphatic rings. The van der Waals surface area contributed by atoms with E-state index in [2.05, 4.69) is 0 Å². The summed E-state index contributed by atoms with van der Waals surface area (Å²) in [6, 6.07) is 13.5. The molecule has 0 radical (unpaired) electrons. The van der Waals surface area contributed by atoms with E-state index in [1.807, 2.05) is 27.7 Å². The molecule has 152 valence electrons. The fraction of sp³-hybridized carbons (Fsp3) is 0.381. The molecule has 28 heavy (non-hydrogen) atoms. The zero-order valence-electron chi connectivity index (χ0n) is 16.9. The van der Waals surface area contributed by atoms with Gasteiger partial charge in [-0.1, -0.05) is 29.8 Å². The molecule has 0 atom stereocenters. The number of amides is 1. The molecular weight excluding hydrogens is 376 g/mol. The number of sulfonamides is 1. The smallest absolute Gasteiger partial charge is 0.264 e. The standard InChI is InChI=1S/C21H28N2O4S/c1-5-22(6-2)21(24)16-23(19-10-8-9-11-20(19)27-7-3)28(25,26)18-14-12-17(4)13-15-18/h8-15H,5-7,16H2,1-4H3. The Morgan fingerprint density at radius 1 is 0.964 bits per heavy atom. The molecule has 2 rings (SSSR count). The van der Waals surface area contributed by atoms with Gasteiger partial charge in [-0.25, -0.2) is 8.42 Å². The maximum absolute atomic E-state index is 13.4. The number of hydrogen-bond donors (Lipinski definition) is 0. The van der Waals surface area contributed by atoms with Crippen LogP contribution in [0.15, 0.2) is 53.4 Å². The molecule has 0 saturated carbocycles. The van der Waals surface area contributed by atoms with Gasteiger partial charge in [-0.2, -0.15) is 0 Å². The molecule has 0 bridgehead atoms. The Balaban J connectivity index is 2.56. The summed E-state index contributed by atoms with van der Waals surface area (Å²) in [6.07, 6.45) is 0. The summed E-state index contributed by atoms with van der Waals surface area (Å²) in [5.74, 6) is 0.167. The van der Waals surface area contributed by atoms with Gasteiger partial charge in [-0.3, -0.25) is 9.10 Å². The first-order valence-electron chi connectivity index (χ1n) is 9.44. The van der Waals surface area contributed by atoms with Crippen molar-refractivity contribution in [1.82, 2.24) is 4.90 Å². The van der Waals surface area contributed by atoms with Crippen LogP contribution in [0.1, 0.15) is 26.3 Å². The first kappa shape index (κ1) is 21.8. The van der Waals surface area contributed by atoms with E-state index in [-0.39, 0.29) is 17.3 Å². The number of benzene rings is 2. The van der Waals surface area contributed by atoms with Gasteiger partial charge < -0.3 is 9.64 Å². The highest BCUT2D eigenvalue weighted by Gasteiger charge is 2.30. The number of carbonyl (C=O) groups excluding carboxylic acids is 1. The molecular formula is C21H28N2O4S. The van der Waals surface area contributed by atoms with Crippen molar-refractivity contribution < 1.29 is 17.9 Å². The van der Waals surface area contributed by atoms with Crippen molar-refractivity contribution in [3.63, 3.8) is 0 Å². The van der Waals surface area contributed by atoms with Crippen molar-refractivity contribution >= 4 is 21.6 Å². The van der Waals surface area contributed by atoms with Gasteiger partial charge in [0.05, 0.1) is 17.2 Å². The average molecular weight is 405 g/mol. The highest BCUT2D eigenvalue weighted by atomic mass is 32.2. The highest BCUT2D eigenvalue weighted by Crippen LogP contribution is 2.32. The van der Waals surface area contributed by atoms with Crippen molar-refractivity contribution in [2.24, 2.45) is 0 Å². The minimum Gasteiger partial charge on any atom is -0.492 e. The predicted molar refractivity (Wildman–Crippen MR) is 111 cm³/mol. The summed E-state index contributed by atoms with van der Waals surface area (Å²) in [7, 11) is -3.95. The van der Waals surface area contributed by atoms with E-state index in [0.717, 1.165) is 9.87 Å². The second-order valence-electron chi connectivity index (χ2n) is 6.29. The molecule has 0 aliphatic carbocycles. The second kappa shape index (κ2) is 9.59. The number of carbonyl (C=O) groups is 1. The number of anilines is 1. The lowest BCUT2D eigenvalue weighted by atomic mass is 10.2. The summed E-state index contributed by atoms with van der Waals surface area (Å²) < 4.78 is 33.6. The SMILES string of the molecule is CCOc1ccccc1N(CC(=O)N(CC)CC)S(=O)(=O)c1ccc(C)cc1. The van der Waals surface area contributed by atoms with Crippen LogP contribution in [-0.2, 0) is 14.8 Å². The topological polar surface area (TPSA) is 66.9 Å². The van der Waals surface area contributed by atoms with Gasteiger partial charge in [0, 0.05) is 13.1 Å². The summed E-state index contributed by atoms with van der Waals surface area (Å²) in [5, 5.41) is 0. The molecule has 0 saturated heterocycles. The fourth-order valence-corrected chi connectivity index (χ4v) is 4.30. The number of ether oxygens (including phenoxy) is 1. The Morgan fingerprint density at radius 2 is 1.57 bits per heavy atom. The molecule has 0 spiro atoms. The normalized spacial score (nSPS) is 11.1. The average Bonchev–Trinajstić information content (AvgIpc) is 2.68. The maximum atomic E-state index is 13.4. The van der Waals surface area contributed by atoms with E-state index in [0.29, 0.717) is 31.1 Å². The zero-order valence-corrected chi connectivity index (χ0v) is 17.7. The lowest BCUT2D eigenvalue weighted by molar-refractivity contribution is -0.129. The monoisotopic (exact) mass is 404 g/mol. The van der Waals surface area contributed by atoms with E-state index >= 15 is 0 Å². The van der Waals surface area contributed by atoms with Crippen LogP contribution in [0.4, 0.5) is 5.69 Å². The van der Waals surface area contributed by atoms with E-state index in [1.165, 1.54) is 0 Å². The number of aryl methyl sites for hydroxylation is 1. The number of likely N-dealkylation sites (N-methyl/N-ethyl adjacent to an activating group) is 1. The lowest BCUT2D eigenvalue weighted by Crippen LogP contribution is -2.43. The molecule has 2 aromatic carbocycles. The molecule has 0 aromatic heterocycles. The van der Waals surface area contributed by atoms with Crippen molar-refractivity contribution in [3.8, 4) is 5.75 Å². The molecule has 2 aromatic rings. The molecule has 1 amide bonds. The molecule has 6 nitrogen and oxygen atoms in total. The second-order valence-corrected chi connectivity index (χ2v) is 8.15. The Labute approximate surface area is 167 Å². The van der Waals surface area contributed by atoms with Gasteiger partial charge in [-0.15, -0.1) is 0 Å². The van der Waals surface area contributed by atoms with E-state index in [4.69, 9.17) is 4.74 Å². The van der Waals surface area contributed by atoms with Crippen LogP contribution in [0, 0.1) is 6.92 Å². The molecule has 0 heterocycles. The van der Waals surface area contributed by atoms with E-state index in [1.54, 1.807) is 53.4 Å². The van der Waals surface area contributed by atoms with Crippen LogP contribution >= 0.6 is 0 Å². The van der Waals surface area contributed by atoms with Crippen LogP contribution in [0.2, 0.25) is 0 Å². The van der Waals surface area contributed by atoms with Crippen LogP contribution in [0.3, 0.4) is 0 Å². The Bertz CT molecular complexity index is 891. The van der Waals surface area contributed by atoms with Crippen molar-refractivity contribution in [3.05, 3.63) is 54.1 Å². The van der Waals surface area contributed by atoms with Crippen LogP contribution in [0.5, 0.6) is 5.75 Å². The quantitative estimate of drug-likeness (QED) is 0.642. The summed E-state index contributed by atoms with van der Waals surface area (Å²) in [6.45, 7) is 8.59. The number of nitrogens with zero attached hydrogens (tertiary/aromatic N) is 2. The van der Waals surface area contributed by atoms with Gasteiger partial charge in [0.25, 0.3) is 10.0 Å². The van der Waals surface area contributed by atoms with Crippen LogP contribution < -0.4 is 9.04 Å². The molecule has 0 fully saturated rings. The van der Waals surface area contributed by atoms with Gasteiger partial charge in [0.2, 0.25) is 5.91 Å². The van der Waals surface area contributed by atoms with Gasteiger partial charge in [0.15, 0.2) is 0 Å². The van der Waals surface area contributed by atoms with E-state index in [9.17, 15) is 13.2 Å². The van der Waals surface area contributed by atoms with Crippen LogP contribution in [0.25, 0.3) is 0 Å². The maximum Gasteiger partial charge on any atom is 0.264 e. The third kappa shape index (κ3) is 4.84. The van der Waals surface area contributed by atoms with Crippen molar-refractivity contribution in [2.45, 2.75) is 32.6 Å². The fourth-order valence-electron chi connectivity index (χ4n) is 2.88. The third-order valence-electron chi connectivity index (χ3n) is 4.44. The first-order valence-corrected chi connectivity index (χ1v) is 10.9. The molecule has 0 aliphatic heterocycles. The summed E-state index contributed by atoms with van der Waals surface area (Å²) >= 11 is 0. The third-order valence-corrected chi connectivity index (χ3v) is 6.21. The number of rotatable bonds is 9. The van der Waals surface area contributed by atoms with Crippen molar-refractivity contribution in [1.29, 1.82) is 0 Å². The highest BCUT2D eigenvalue weighted by molar-refractivity contribution is 7.92. The van der Waals surface area contributed by atoms with Gasteiger partial charge in [0.1, 0.15) is 12.3 Å². The number of para-hydroxylation sites is 2. The lowest BCUT2D eigenvalue weighted by Gasteiger charge is -2.28. The van der Waals surface area contributed by atoms with E-state index < -0.39 is 10.0 Å². The number of hydrogen-bond acceptors (Lipinski definition) is 4. The van der Waals surface area contributed by atoms with Gasteiger partial charge in [-0.05, 0) is 52.0 Å². The minimum absolute atomic E-state index is 0.136. The predicted octanol–water partition coefficient (Wildman–Crippen LogP) is 3.46. The molecule has 0 N–H and O–H groups in total.